The molecule has 0 unspecified atom stereocenters. The van der Waals surface area contributed by atoms with E-state index < -0.39 is 8.32 Å². The third kappa shape index (κ3) is 2.33. The van der Waals surface area contributed by atoms with Gasteiger partial charge in [-0.15, -0.1) is 0 Å². The van der Waals surface area contributed by atoms with Crippen LogP contribution in [-0.2, 0) is 0 Å². The molecule has 0 atom stereocenters. The summed E-state index contributed by atoms with van der Waals surface area (Å²) < 4.78 is 11.1. The van der Waals surface area contributed by atoms with E-state index in [1.54, 1.807) is 6.07 Å². The first-order valence-electron chi connectivity index (χ1n) is 5.18. The molecule has 16 heavy (non-hydrogen) atoms. The van der Waals surface area contributed by atoms with Crippen LogP contribution in [0.4, 0.5) is 0 Å². The molecule has 4 heteroatoms. The van der Waals surface area contributed by atoms with Crippen molar-refractivity contribution in [2.75, 3.05) is 0 Å². The largest absolute Gasteiger partial charge is 0.542 e. The van der Waals surface area contributed by atoms with E-state index in [1.165, 1.54) is 6.07 Å². The van der Waals surface area contributed by atoms with Gasteiger partial charge in [0.2, 0.25) is 8.32 Å². The van der Waals surface area contributed by atoms with Crippen molar-refractivity contribution in [2.24, 2.45) is 0 Å². The lowest BCUT2D eigenvalue weighted by molar-refractivity contribution is 0.512. The van der Waals surface area contributed by atoms with E-state index in [4.69, 9.17) is 8.84 Å². The summed E-state index contributed by atoms with van der Waals surface area (Å²) in [6.45, 7) is 6.27. The molecule has 0 aliphatic rings. The van der Waals surface area contributed by atoms with Crippen molar-refractivity contribution in [1.29, 1.82) is 0 Å². The fourth-order valence-corrected chi connectivity index (χ4v) is 2.30. The van der Waals surface area contributed by atoms with Gasteiger partial charge in [0, 0.05) is 11.5 Å². The number of benzene rings is 1. The van der Waals surface area contributed by atoms with Crippen molar-refractivity contribution >= 4 is 19.3 Å². The molecule has 2 rings (SSSR count). The molecular formula is C12H14O3Si. The Morgan fingerprint density at radius 3 is 2.56 bits per heavy atom. The fourth-order valence-electron chi connectivity index (χ4n) is 1.48. The Hall–Kier alpha value is -1.55. The monoisotopic (exact) mass is 234 g/mol. The Morgan fingerprint density at radius 1 is 1.12 bits per heavy atom. The molecule has 0 fully saturated rings. The summed E-state index contributed by atoms with van der Waals surface area (Å²) >= 11 is 0. The van der Waals surface area contributed by atoms with Crippen LogP contribution in [0.1, 0.15) is 0 Å². The summed E-state index contributed by atoms with van der Waals surface area (Å²) in [4.78, 5) is 11.2. The first-order valence-corrected chi connectivity index (χ1v) is 8.58. The van der Waals surface area contributed by atoms with Gasteiger partial charge in [-0.3, -0.25) is 0 Å². The molecule has 2 aromatic rings. The van der Waals surface area contributed by atoms with Crippen LogP contribution in [0.2, 0.25) is 19.6 Å². The summed E-state index contributed by atoms with van der Waals surface area (Å²) in [7, 11) is -1.69. The molecule has 0 aliphatic carbocycles. The van der Waals surface area contributed by atoms with Gasteiger partial charge in [0.25, 0.3) is 0 Å². The normalized spacial score (nSPS) is 11.7. The molecule has 1 aromatic carbocycles. The van der Waals surface area contributed by atoms with Crippen LogP contribution in [0.25, 0.3) is 11.0 Å². The van der Waals surface area contributed by atoms with Gasteiger partial charge < -0.3 is 8.84 Å². The third-order valence-electron chi connectivity index (χ3n) is 2.03. The first-order chi connectivity index (χ1) is 7.46. The lowest BCUT2D eigenvalue weighted by Crippen LogP contribution is -2.29. The Morgan fingerprint density at radius 2 is 1.88 bits per heavy atom. The van der Waals surface area contributed by atoms with Crippen LogP contribution in [-0.4, -0.2) is 8.32 Å². The molecule has 0 saturated heterocycles. The highest BCUT2D eigenvalue weighted by atomic mass is 28.4. The highest BCUT2D eigenvalue weighted by molar-refractivity contribution is 6.70. The number of rotatable bonds is 2. The zero-order valence-corrected chi connectivity index (χ0v) is 10.6. The number of hydrogen-bond donors (Lipinski definition) is 0. The second-order valence-corrected chi connectivity index (χ2v) is 9.07. The van der Waals surface area contributed by atoms with Gasteiger partial charge in [-0.25, -0.2) is 4.79 Å². The number of fused-ring (bicyclic) bond motifs is 1. The Balaban J connectivity index is 2.61. The van der Waals surface area contributed by atoms with Gasteiger partial charge in [-0.05, 0) is 31.8 Å². The minimum atomic E-state index is -1.69. The van der Waals surface area contributed by atoms with E-state index in [2.05, 4.69) is 19.6 Å². The van der Waals surface area contributed by atoms with E-state index in [0.29, 0.717) is 11.3 Å². The van der Waals surface area contributed by atoms with E-state index >= 15 is 0 Å². The summed E-state index contributed by atoms with van der Waals surface area (Å²) in [5.74, 6) is 0.661. The van der Waals surface area contributed by atoms with Crippen molar-refractivity contribution in [2.45, 2.75) is 19.6 Å². The highest BCUT2D eigenvalue weighted by Crippen LogP contribution is 2.26. The maximum atomic E-state index is 11.2. The highest BCUT2D eigenvalue weighted by Gasteiger charge is 2.18. The van der Waals surface area contributed by atoms with E-state index in [0.717, 1.165) is 5.39 Å². The quantitative estimate of drug-likeness (QED) is 0.592. The molecule has 1 aromatic heterocycles. The van der Waals surface area contributed by atoms with Crippen LogP contribution in [0, 0.1) is 0 Å². The Labute approximate surface area is 94.8 Å². The molecule has 0 N–H and O–H groups in total. The van der Waals surface area contributed by atoms with E-state index in [9.17, 15) is 4.79 Å². The smallest absolute Gasteiger partial charge is 0.336 e. The molecule has 0 amide bonds. The standard InChI is InChI=1S/C12H14O3Si/c1-16(2,3)15-10-6-4-5-9-7-8-11(13)14-12(9)10/h4-8H,1-3H3. The maximum Gasteiger partial charge on any atom is 0.336 e. The summed E-state index contributed by atoms with van der Waals surface area (Å²) in [5.41, 5.74) is 0.191. The predicted octanol–water partition coefficient (Wildman–Crippen LogP) is 3.01. The predicted molar refractivity (Wildman–Crippen MR) is 66.5 cm³/mol. The van der Waals surface area contributed by atoms with Crippen molar-refractivity contribution in [1.82, 2.24) is 0 Å². The lowest BCUT2D eigenvalue weighted by atomic mass is 10.2. The second kappa shape index (κ2) is 3.79. The average molecular weight is 234 g/mol. The fraction of sp³-hybridized carbons (Fsp3) is 0.250. The lowest BCUT2D eigenvalue weighted by Gasteiger charge is -2.19. The van der Waals surface area contributed by atoms with Crippen LogP contribution in [0.3, 0.4) is 0 Å². The van der Waals surface area contributed by atoms with Gasteiger partial charge in [-0.2, -0.15) is 0 Å². The van der Waals surface area contributed by atoms with Crippen molar-refractivity contribution in [3.05, 3.63) is 40.8 Å². The summed E-state index contributed by atoms with van der Waals surface area (Å²) in [6, 6.07) is 8.80. The molecule has 84 valence electrons. The minimum absolute atomic E-state index is 0.348. The van der Waals surface area contributed by atoms with Crippen LogP contribution >= 0.6 is 0 Å². The average Bonchev–Trinajstić information content (AvgIpc) is 2.17. The van der Waals surface area contributed by atoms with Gasteiger partial charge in [0.15, 0.2) is 5.58 Å². The summed E-state index contributed by atoms with van der Waals surface area (Å²) in [5, 5.41) is 0.885. The molecular weight excluding hydrogens is 220 g/mol. The van der Waals surface area contributed by atoms with Gasteiger partial charge in [0.05, 0.1) is 0 Å². The SMILES string of the molecule is C[Si](C)(C)Oc1cccc2ccc(=O)oc12. The second-order valence-electron chi connectivity index (χ2n) is 4.64. The first kappa shape index (κ1) is 10.9. The van der Waals surface area contributed by atoms with Crippen LogP contribution in [0.5, 0.6) is 5.75 Å². The van der Waals surface area contributed by atoms with E-state index in [1.807, 2.05) is 18.2 Å². The van der Waals surface area contributed by atoms with Crippen LogP contribution in [0.15, 0.2) is 39.5 Å². The maximum absolute atomic E-state index is 11.2. The topological polar surface area (TPSA) is 39.4 Å². The molecule has 3 nitrogen and oxygen atoms in total. The third-order valence-corrected chi connectivity index (χ3v) is 2.86. The zero-order chi connectivity index (χ0) is 11.8. The molecule has 1 heterocycles. The molecule has 0 radical (unpaired) electrons. The number of para-hydroxylation sites is 1. The minimum Gasteiger partial charge on any atom is -0.542 e. The Bertz CT molecular complexity index is 566. The summed E-state index contributed by atoms with van der Waals surface area (Å²) in [6.07, 6.45) is 0. The Kier molecular flexibility index (Phi) is 2.59. The van der Waals surface area contributed by atoms with Crippen LogP contribution < -0.4 is 10.1 Å². The van der Waals surface area contributed by atoms with Gasteiger partial charge in [0.1, 0.15) is 5.75 Å². The van der Waals surface area contributed by atoms with E-state index in [-0.39, 0.29) is 5.63 Å². The van der Waals surface area contributed by atoms with Gasteiger partial charge in [-0.1, -0.05) is 12.1 Å². The van der Waals surface area contributed by atoms with Crippen molar-refractivity contribution in [3.8, 4) is 5.75 Å². The molecule has 0 saturated carbocycles. The van der Waals surface area contributed by atoms with Gasteiger partial charge >= 0.3 is 5.63 Å². The molecule has 0 bridgehead atoms. The molecule has 0 spiro atoms. The molecule has 0 aliphatic heterocycles. The zero-order valence-electron chi connectivity index (χ0n) is 9.61. The number of hydrogen-bond acceptors (Lipinski definition) is 3. The van der Waals surface area contributed by atoms with Crippen molar-refractivity contribution < 1.29 is 8.84 Å². The van der Waals surface area contributed by atoms with Crippen molar-refractivity contribution in [3.63, 3.8) is 0 Å².